The summed E-state index contributed by atoms with van der Waals surface area (Å²) in [4.78, 5) is 4.05. The molecule has 0 amide bonds. The third-order valence-electron chi connectivity index (χ3n) is 2.27. The minimum atomic E-state index is 0.648. The Bertz CT molecular complexity index is 333. The quantitative estimate of drug-likeness (QED) is 0.684. The Kier molecular flexibility index (Phi) is 1.61. The predicted molar refractivity (Wildman–Crippen MR) is 50.5 cm³/mol. The Labute approximate surface area is 72.1 Å². The molecule has 12 heavy (non-hydrogen) atoms. The van der Waals surface area contributed by atoms with Crippen LogP contribution < -0.4 is 5.73 Å². The van der Waals surface area contributed by atoms with E-state index < -0.39 is 0 Å². The summed E-state index contributed by atoms with van der Waals surface area (Å²) < 4.78 is 0. The molecule has 0 aromatic carbocycles. The first kappa shape index (κ1) is 7.35. The third kappa shape index (κ3) is 1.20. The van der Waals surface area contributed by atoms with Crippen molar-refractivity contribution in [3.8, 4) is 0 Å². The molecule has 0 bridgehead atoms. The summed E-state index contributed by atoms with van der Waals surface area (Å²) in [5.74, 6) is 0.648. The maximum absolute atomic E-state index is 5.74. The molecule has 2 rings (SSSR count). The highest BCUT2D eigenvalue weighted by atomic mass is 14.8. The molecule has 1 heterocycles. The molecule has 2 N–H and O–H groups in total. The molecule has 2 heteroatoms. The van der Waals surface area contributed by atoms with Crippen molar-refractivity contribution < 1.29 is 0 Å². The highest BCUT2D eigenvalue weighted by Crippen LogP contribution is 2.36. The Morgan fingerprint density at radius 2 is 2.25 bits per heavy atom. The fraction of sp³-hybridized carbons (Fsp3) is 0.300. The number of nitrogens with zero attached hydrogens (tertiary/aromatic N) is 1. The minimum absolute atomic E-state index is 0.648. The van der Waals surface area contributed by atoms with Crippen LogP contribution in [0, 0.1) is 0 Å². The molecule has 2 nitrogen and oxygen atoms in total. The van der Waals surface area contributed by atoms with Crippen LogP contribution in [-0.4, -0.2) is 4.98 Å². The van der Waals surface area contributed by atoms with Gasteiger partial charge in [-0.2, -0.15) is 0 Å². The largest absolute Gasteiger partial charge is 0.383 e. The van der Waals surface area contributed by atoms with Crippen molar-refractivity contribution in [3.05, 3.63) is 29.5 Å². The van der Waals surface area contributed by atoms with Gasteiger partial charge in [0.05, 0.1) is 0 Å². The molecule has 62 valence electrons. The first-order valence-corrected chi connectivity index (χ1v) is 4.18. The van der Waals surface area contributed by atoms with Gasteiger partial charge in [-0.3, -0.25) is 0 Å². The SMILES string of the molecule is CC(=C1CC1)c1cccnc1N. The van der Waals surface area contributed by atoms with Crippen molar-refractivity contribution in [2.24, 2.45) is 0 Å². The van der Waals surface area contributed by atoms with Crippen molar-refractivity contribution in [1.82, 2.24) is 4.98 Å². The zero-order chi connectivity index (χ0) is 8.55. The van der Waals surface area contributed by atoms with Crippen LogP contribution in [0.25, 0.3) is 5.57 Å². The van der Waals surface area contributed by atoms with Gasteiger partial charge in [0.1, 0.15) is 5.82 Å². The standard InChI is InChI=1S/C10H12N2/c1-7(8-4-5-8)9-3-2-6-12-10(9)11/h2-3,6H,4-5H2,1H3,(H2,11,12). The lowest BCUT2D eigenvalue weighted by atomic mass is 10.1. The number of pyridine rings is 1. The summed E-state index contributed by atoms with van der Waals surface area (Å²) in [6, 6.07) is 3.96. The predicted octanol–water partition coefficient (Wildman–Crippen LogP) is 2.23. The molecular formula is C10H12N2. The van der Waals surface area contributed by atoms with Crippen LogP contribution in [0.3, 0.4) is 0 Å². The molecule has 0 radical (unpaired) electrons. The minimum Gasteiger partial charge on any atom is -0.383 e. The van der Waals surface area contributed by atoms with E-state index in [1.807, 2.05) is 12.1 Å². The summed E-state index contributed by atoms with van der Waals surface area (Å²) in [6.45, 7) is 2.12. The lowest BCUT2D eigenvalue weighted by molar-refractivity contribution is 1.31. The van der Waals surface area contributed by atoms with Crippen molar-refractivity contribution in [3.63, 3.8) is 0 Å². The Morgan fingerprint density at radius 1 is 1.50 bits per heavy atom. The van der Waals surface area contributed by atoms with Crippen LogP contribution in [0.1, 0.15) is 25.3 Å². The normalized spacial score (nSPS) is 14.6. The van der Waals surface area contributed by atoms with E-state index in [4.69, 9.17) is 5.73 Å². The highest BCUT2D eigenvalue weighted by molar-refractivity contribution is 5.75. The van der Waals surface area contributed by atoms with Crippen LogP contribution in [0.5, 0.6) is 0 Å². The van der Waals surface area contributed by atoms with Gasteiger partial charge in [-0.1, -0.05) is 5.57 Å². The van der Waals surface area contributed by atoms with Gasteiger partial charge in [-0.15, -0.1) is 0 Å². The number of nitrogen functional groups attached to an aromatic ring is 1. The highest BCUT2D eigenvalue weighted by Gasteiger charge is 2.16. The second kappa shape index (κ2) is 2.63. The second-order valence-electron chi connectivity index (χ2n) is 3.16. The van der Waals surface area contributed by atoms with E-state index in [1.165, 1.54) is 24.0 Å². The molecule has 1 fully saturated rings. The van der Waals surface area contributed by atoms with Gasteiger partial charge < -0.3 is 5.73 Å². The van der Waals surface area contributed by atoms with Crippen molar-refractivity contribution in [1.29, 1.82) is 0 Å². The molecule has 0 saturated heterocycles. The number of nitrogens with two attached hydrogens (primary N) is 1. The molecule has 1 aliphatic carbocycles. The first-order chi connectivity index (χ1) is 5.79. The summed E-state index contributed by atoms with van der Waals surface area (Å²) in [5, 5.41) is 0. The fourth-order valence-corrected chi connectivity index (χ4v) is 1.36. The Balaban J connectivity index is 2.46. The average Bonchev–Trinajstić information content (AvgIpc) is 2.86. The first-order valence-electron chi connectivity index (χ1n) is 4.18. The summed E-state index contributed by atoms with van der Waals surface area (Å²) >= 11 is 0. The number of allylic oxidation sites excluding steroid dienone is 2. The van der Waals surface area contributed by atoms with Gasteiger partial charge in [-0.25, -0.2) is 4.98 Å². The molecule has 0 spiro atoms. The maximum Gasteiger partial charge on any atom is 0.130 e. The lowest BCUT2D eigenvalue weighted by Crippen LogP contribution is -1.94. The zero-order valence-electron chi connectivity index (χ0n) is 7.17. The van der Waals surface area contributed by atoms with Crippen LogP contribution in [-0.2, 0) is 0 Å². The van der Waals surface area contributed by atoms with Gasteiger partial charge in [0, 0.05) is 11.8 Å². The molecule has 1 aromatic heterocycles. The van der Waals surface area contributed by atoms with Crippen LogP contribution in [0.2, 0.25) is 0 Å². The number of aromatic nitrogens is 1. The molecule has 1 aliphatic rings. The van der Waals surface area contributed by atoms with E-state index in [1.54, 1.807) is 6.20 Å². The Hall–Kier alpha value is -1.31. The molecular weight excluding hydrogens is 148 g/mol. The number of hydrogen-bond acceptors (Lipinski definition) is 2. The molecule has 0 atom stereocenters. The van der Waals surface area contributed by atoms with Crippen molar-refractivity contribution in [2.45, 2.75) is 19.8 Å². The summed E-state index contributed by atoms with van der Waals surface area (Å²) in [6.07, 6.45) is 4.20. The lowest BCUT2D eigenvalue weighted by Gasteiger charge is -2.02. The number of anilines is 1. The van der Waals surface area contributed by atoms with Crippen LogP contribution in [0.15, 0.2) is 23.9 Å². The molecule has 1 saturated carbocycles. The fourth-order valence-electron chi connectivity index (χ4n) is 1.36. The summed E-state index contributed by atoms with van der Waals surface area (Å²) in [7, 11) is 0. The van der Waals surface area contributed by atoms with E-state index >= 15 is 0 Å². The van der Waals surface area contributed by atoms with Crippen molar-refractivity contribution in [2.75, 3.05) is 5.73 Å². The van der Waals surface area contributed by atoms with E-state index in [9.17, 15) is 0 Å². The van der Waals surface area contributed by atoms with Crippen LogP contribution >= 0.6 is 0 Å². The molecule has 1 aromatic rings. The Morgan fingerprint density at radius 3 is 2.83 bits per heavy atom. The third-order valence-corrected chi connectivity index (χ3v) is 2.27. The monoisotopic (exact) mass is 160 g/mol. The summed E-state index contributed by atoms with van der Waals surface area (Å²) in [5.41, 5.74) is 9.69. The molecule has 0 unspecified atom stereocenters. The average molecular weight is 160 g/mol. The van der Waals surface area contributed by atoms with E-state index in [2.05, 4.69) is 11.9 Å². The van der Waals surface area contributed by atoms with Gasteiger partial charge in [-0.05, 0) is 37.5 Å². The van der Waals surface area contributed by atoms with Gasteiger partial charge >= 0.3 is 0 Å². The topological polar surface area (TPSA) is 38.9 Å². The van der Waals surface area contributed by atoms with Crippen molar-refractivity contribution >= 4 is 11.4 Å². The maximum atomic E-state index is 5.74. The van der Waals surface area contributed by atoms with Gasteiger partial charge in [0.2, 0.25) is 0 Å². The smallest absolute Gasteiger partial charge is 0.130 e. The number of hydrogen-bond donors (Lipinski definition) is 1. The van der Waals surface area contributed by atoms with Gasteiger partial charge in [0.25, 0.3) is 0 Å². The van der Waals surface area contributed by atoms with E-state index in [0.717, 1.165) is 5.56 Å². The second-order valence-corrected chi connectivity index (χ2v) is 3.16. The number of rotatable bonds is 1. The van der Waals surface area contributed by atoms with Crippen LogP contribution in [0.4, 0.5) is 5.82 Å². The molecule has 0 aliphatic heterocycles. The van der Waals surface area contributed by atoms with Gasteiger partial charge in [0.15, 0.2) is 0 Å². The van der Waals surface area contributed by atoms with E-state index in [-0.39, 0.29) is 0 Å². The van der Waals surface area contributed by atoms with E-state index in [0.29, 0.717) is 5.82 Å². The zero-order valence-corrected chi connectivity index (χ0v) is 7.17.